The molecule has 1 atom stereocenters. The first-order chi connectivity index (χ1) is 8.63. The molecule has 1 heterocycles. The Morgan fingerprint density at radius 2 is 1.83 bits per heavy atom. The van der Waals surface area contributed by atoms with Crippen LogP contribution in [0.4, 0.5) is 0 Å². The summed E-state index contributed by atoms with van der Waals surface area (Å²) in [5, 5.41) is 0. The molecule has 1 aromatic heterocycles. The van der Waals surface area contributed by atoms with E-state index >= 15 is 0 Å². The van der Waals surface area contributed by atoms with E-state index in [0.29, 0.717) is 16.6 Å². The summed E-state index contributed by atoms with van der Waals surface area (Å²) >= 11 is 0. The first-order valence-corrected chi connectivity index (χ1v) is 5.42. The second-order valence-electron chi connectivity index (χ2n) is 3.87. The van der Waals surface area contributed by atoms with Crippen LogP contribution >= 0.6 is 0 Å². The maximum atomic E-state index is 11.6. The fourth-order valence-corrected chi connectivity index (χ4v) is 1.81. The third-order valence-electron chi connectivity index (χ3n) is 2.67. The summed E-state index contributed by atoms with van der Waals surface area (Å²) in [6.45, 7) is 1.36. The van der Waals surface area contributed by atoms with Crippen molar-refractivity contribution in [1.29, 1.82) is 0 Å². The van der Waals surface area contributed by atoms with Gasteiger partial charge in [-0.3, -0.25) is 19.6 Å². The number of rotatable bonds is 3. The van der Waals surface area contributed by atoms with Crippen molar-refractivity contribution < 1.29 is 14.3 Å². The summed E-state index contributed by atoms with van der Waals surface area (Å²) < 4.78 is 4.64. The van der Waals surface area contributed by atoms with E-state index in [-0.39, 0.29) is 5.78 Å². The van der Waals surface area contributed by atoms with Gasteiger partial charge < -0.3 is 4.74 Å². The highest BCUT2D eigenvalue weighted by atomic mass is 16.5. The van der Waals surface area contributed by atoms with Crippen LogP contribution in [0.5, 0.6) is 0 Å². The van der Waals surface area contributed by atoms with Crippen LogP contribution in [0.3, 0.4) is 0 Å². The summed E-state index contributed by atoms with van der Waals surface area (Å²) in [5.74, 6) is -1.72. The Morgan fingerprint density at radius 3 is 2.44 bits per heavy atom. The van der Waals surface area contributed by atoms with Gasteiger partial charge in [0, 0.05) is 12.4 Å². The van der Waals surface area contributed by atoms with Gasteiger partial charge in [0.1, 0.15) is 11.7 Å². The molecule has 0 saturated carbocycles. The van der Waals surface area contributed by atoms with Crippen LogP contribution in [-0.4, -0.2) is 28.8 Å². The fourth-order valence-electron chi connectivity index (χ4n) is 1.81. The maximum Gasteiger partial charge on any atom is 0.320 e. The lowest BCUT2D eigenvalue weighted by Crippen LogP contribution is -2.21. The molecule has 0 fully saturated rings. The minimum atomic E-state index is -0.901. The molecule has 0 aliphatic carbocycles. The van der Waals surface area contributed by atoms with Gasteiger partial charge in [0.15, 0.2) is 0 Å². The molecule has 92 valence electrons. The molecule has 0 saturated heterocycles. The molecule has 0 radical (unpaired) electrons. The molecule has 0 spiro atoms. The second kappa shape index (κ2) is 4.91. The van der Waals surface area contributed by atoms with Gasteiger partial charge in [-0.05, 0) is 24.6 Å². The molecular weight excluding hydrogens is 232 g/mol. The van der Waals surface area contributed by atoms with Crippen molar-refractivity contribution in [3.05, 3.63) is 36.2 Å². The molecule has 0 N–H and O–H groups in total. The minimum absolute atomic E-state index is 0.259. The Kier molecular flexibility index (Phi) is 3.32. The Balaban J connectivity index is 2.51. The van der Waals surface area contributed by atoms with Crippen molar-refractivity contribution in [1.82, 2.24) is 9.97 Å². The summed E-state index contributed by atoms with van der Waals surface area (Å²) in [4.78, 5) is 31.4. The maximum absolute atomic E-state index is 11.6. The Labute approximate surface area is 104 Å². The predicted octanol–water partition coefficient (Wildman–Crippen LogP) is 1.48. The molecule has 0 aliphatic heterocycles. The summed E-state index contributed by atoms with van der Waals surface area (Å²) in [6.07, 6.45) is 3.15. The van der Waals surface area contributed by atoms with Gasteiger partial charge in [0.2, 0.25) is 0 Å². The van der Waals surface area contributed by atoms with Crippen LogP contribution in [0.25, 0.3) is 11.0 Å². The zero-order chi connectivity index (χ0) is 13.1. The monoisotopic (exact) mass is 244 g/mol. The van der Waals surface area contributed by atoms with Gasteiger partial charge in [-0.25, -0.2) is 0 Å². The number of ether oxygens (including phenoxy) is 1. The number of ketones is 1. The third kappa shape index (κ3) is 2.20. The van der Waals surface area contributed by atoms with Crippen LogP contribution in [0.1, 0.15) is 18.4 Å². The van der Waals surface area contributed by atoms with E-state index in [0.717, 1.165) is 0 Å². The van der Waals surface area contributed by atoms with Crippen molar-refractivity contribution in [3.8, 4) is 0 Å². The summed E-state index contributed by atoms with van der Waals surface area (Å²) in [5.41, 5.74) is 1.93. The average molecular weight is 244 g/mol. The Morgan fingerprint density at radius 1 is 1.17 bits per heavy atom. The molecule has 2 aromatic rings. The van der Waals surface area contributed by atoms with Gasteiger partial charge in [0.25, 0.3) is 0 Å². The van der Waals surface area contributed by atoms with Crippen molar-refractivity contribution in [2.75, 3.05) is 7.11 Å². The number of hydrogen-bond acceptors (Lipinski definition) is 5. The van der Waals surface area contributed by atoms with Gasteiger partial charge in [0.05, 0.1) is 18.1 Å². The largest absolute Gasteiger partial charge is 0.468 e. The van der Waals surface area contributed by atoms with Crippen molar-refractivity contribution in [2.45, 2.75) is 12.8 Å². The minimum Gasteiger partial charge on any atom is -0.468 e. The van der Waals surface area contributed by atoms with Crippen LogP contribution in [0.2, 0.25) is 0 Å². The molecule has 5 heteroatoms. The Hall–Kier alpha value is -2.30. The van der Waals surface area contributed by atoms with Gasteiger partial charge in [-0.1, -0.05) is 6.07 Å². The molecule has 0 bridgehead atoms. The van der Waals surface area contributed by atoms with Gasteiger partial charge >= 0.3 is 5.97 Å². The molecule has 1 unspecified atom stereocenters. The smallest absolute Gasteiger partial charge is 0.320 e. The molecule has 2 rings (SSSR count). The van der Waals surface area contributed by atoms with Crippen LogP contribution in [-0.2, 0) is 14.3 Å². The van der Waals surface area contributed by atoms with E-state index in [2.05, 4.69) is 14.7 Å². The fraction of sp³-hybridized carbons (Fsp3) is 0.231. The predicted molar refractivity (Wildman–Crippen MR) is 65.0 cm³/mol. The highest BCUT2D eigenvalue weighted by Crippen LogP contribution is 2.21. The highest BCUT2D eigenvalue weighted by Gasteiger charge is 2.26. The number of carbonyl (C=O) groups excluding carboxylic acids is 2. The van der Waals surface area contributed by atoms with E-state index in [1.807, 2.05) is 0 Å². The van der Waals surface area contributed by atoms with E-state index in [1.165, 1.54) is 14.0 Å². The van der Waals surface area contributed by atoms with Crippen molar-refractivity contribution in [2.24, 2.45) is 0 Å². The normalized spacial score (nSPS) is 12.1. The molecule has 1 aromatic carbocycles. The lowest BCUT2D eigenvalue weighted by molar-refractivity contribution is -0.145. The first kappa shape index (κ1) is 12.2. The number of benzene rings is 1. The SMILES string of the molecule is COC(=O)C(C(C)=O)c1ccc2nccnc2c1. The zero-order valence-electron chi connectivity index (χ0n) is 10.1. The third-order valence-corrected chi connectivity index (χ3v) is 2.67. The van der Waals surface area contributed by atoms with E-state index in [4.69, 9.17) is 0 Å². The number of hydrogen-bond donors (Lipinski definition) is 0. The number of carbonyl (C=O) groups is 2. The first-order valence-electron chi connectivity index (χ1n) is 5.42. The molecule has 0 amide bonds. The highest BCUT2D eigenvalue weighted by molar-refractivity contribution is 6.03. The standard InChI is InChI=1S/C13H12N2O3/c1-8(16)12(13(17)18-2)9-3-4-10-11(7-9)15-6-5-14-10/h3-7,12H,1-2H3. The number of esters is 1. The summed E-state index contributed by atoms with van der Waals surface area (Å²) in [6, 6.07) is 5.11. The quantitative estimate of drug-likeness (QED) is 0.604. The molecule has 18 heavy (non-hydrogen) atoms. The number of aromatic nitrogens is 2. The lowest BCUT2D eigenvalue weighted by atomic mass is 9.95. The molecule has 5 nitrogen and oxygen atoms in total. The topological polar surface area (TPSA) is 69.2 Å². The Bertz CT molecular complexity index is 610. The lowest BCUT2D eigenvalue weighted by Gasteiger charge is -2.11. The average Bonchev–Trinajstić information content (AvgIpc) is 2.38. The second-order valence-corrected chi connectivity index (χ2v) is 3.87. The van der Waals surface area contributed by atoms with Gasteiger partial charge in [-0.2, -0.15) is 0 Å². The van der Waals surface area contributed by atoms with Crippen LogP contribution in [0.15, 0.2) is 30.6 Å². The van der Waals surface area contributed by atoms with E-state index in [9.17, 15) is 9.59 Å². The van der Waals surface area contributed by atoms with E-state index in [1.54, 1.807) is 30.6 Å². The number of nitrogens with zero attached hydrogens (tertiary/aromatic N) is 2. The van der Waals surface area contributed by atoms with Crippen molar-refractivity contribution in [3.63, 3.8) is 0 Å². The molecular formula is C13H12N2O3. The summed E-state index contributed by atoms with van der Waals surface area (Å²) in [7, 11) is 1.26. The number of methoxy groups -OCH3 is 1. The van der Waals surface area contributed by atoms with Crippen LogP contribution < -0.4 is 0 Å². The number of fused-ring (bicyclic) bond motifs is 1. The van der Waals surface area contributed by atoms with Gasteiger partial charge in [-0.15, -0.1) is 0 Å². The van der Waals surface area contributed by atoms with E-state index < -0.39 is 11.9 Å². The van der Waals surface area contributed by atoms with Crippen LogP contribution in [0, 0.1) is 0 Å². The zero-order valence-corrected chi connectivity index (χ0v) is 10.1. The van der Waals surface area contributed by atoms with Crippen molar-refractivity contribution >= 4 is 22.8 Å². The number of Topliss-reactive ketones (excluding diaryl/α,β-unsaturated/α-hetero) is 1. The molecule has 0 aliphatic rings.